The van der Waals surface area contributed by atoms with Crippen molar-refractivity contribution in [3.63, 3.8) is 0 Å². The Kier molecular flexibility index (Phi) is 6.72. The second kappa shape index (κ2) is 9.01. The number of morpholine rings is 1. The van der Waals surface area contributed by atoms with Crippen molar-refractivity contribution in [1.29, 1.82) is 0 Å². The highest BCUT2D eigenvalue weighted by Gasteiger charge is 2.27. The van der Waals surface area contributed by atoms with Crippen LogP contribution < -0.4 is 15.8 Å². The maximum absolute atomic E-state index is 12.6. The first-order chi connectivity index (χ1) is 12.6. The molecule has 2 aliphatic heterocycles. The topological polar surface area (TPSA) is 86.0 Å². The molecule has 3 rings (SSSR count). The van der Waals surface area contributed by atoms with Gasteiger partial charge >= 0.3 is 0 Å². The molecule has 2 unspecified atom stereocenters. The summed E-state index contributed by atoms with van der Waals surface area (Å²) in [6, 6.07) is 3.41. The molecular formula is C18H26ClN3O4. The van der Waals surface area contributed by atoms with Crippen molar-refractivity contribution in [3.8, 4) is 5.75 Å². The van der Waals surface area contributed by atoms with E-state index in [9.17, 15) is 4.79 Å². The van der Waals surface area contributed by atoms with E-state index in [0.29, 0.717) is 35.9 Å². The van der Waals surface area contributed by atoms with Crippen LogP contribution in [0.5, 0.6) is 5.75 Å². The highest BCUT2D eigenvalue weighted by atomic mass is 35.5. The fourth-order valence-corrected chi connectivity index (χ4v) is 3.60. The van der Waals surface area contributed by atoms with Crippen LogP contribution in [0.25, 0.3) is 0 Å². The van der Waals surface area contributed by atoms with Gasteiger partial charge in [-0.25, -0.2) is 0 Å². The smallest absolute Gasteiger partial charge is 0.255 e. The van der Waals surface area contributed by atoms with Crippen molar-refractivity contribution in [2.75, 3.05) is 46.5 Å². The van der Waals surface area contributed by atoms with Crippen molar-refractivity contribution < 1.29 is 19.0 Å². The second-order valence-corrected chi connectivity index (χ2v) is 7.09. The van der Waals surface area contributed by atoms with Crippen molar-refractivity contribution in [1.82, 2.24) is 10.2 Å². The first kappa shape index (κ1) is 19.4. The molecule has 0 spiro atoms. The normalized spacial score (nSPS) is 22.7. The molecule has 0 aromatic heterocycles. The molecule has 1 saturated heterocycles. The maximum Gasteiger partial charge on any atom is 0.255 e. The van der Waals surface area contributed by atoms with Crippen LogP contribution in [0.3, 0.4) is 0 Å². The van der Waals surface area contributed by atoms with E-state index in [-0.39, 0.29) is 12.0 Å². The number of hydrogen-bond acceptors (Lipinski definition) is 6. The van der Waals surface area contributed by atoms with Crippen LogP contribution in [0.2, 0.25) is 5.02 Å². The number of hydrogen-bond donors (Lipinski definition) is 2. The number of ether oxygens (including phenoxy) is 3. The summed E-state index contributed by atoms with van der Waals surface area (Å²) in [5, 5.41) is 3.44. The number of carbonyl (C=O) groups is 1. The van der Waals surface area contributed by atoms with E-state index in [1.54, 1.807) is 19.2 Å². The molecule has 26 heavy (non-hydrogen) atoms. The Morgan fingerprint density at radius 2 is 2.35 bits per heavy atom. The van der Waals surface area contributed by atoms with Gasteiger partial charge < -0.3 is 19.5 Å². The maximum atomic E-state index is 12.6. The molecule has 0 radical (unpaired) electrons. The average Bonchev–Trinajstić information content (AvgIpc) is 2.99. The van der Waals surface area contributed by atoms with Crippen molar-refractivity contribution in [3.05, 3.63) is 28.3 Å². The minimum atomic E-state index is -0.433. The number of carbonyl (C=O) groups excluding carboxylic acids is 1. The molecule has 0 aliphatic carbocycles. The Morgan fingerprint density at radius 1 is 1.50 bits per heavy atom. The highest BCUT2D eigenvalue weighted by molar-refractivity contribution is 6.31. The van der Waals surface area contributed by atoms with Crippen LogP contribution in [0.1, 0.15) is 22.3 Å². The number of methoxy groups -OCH3 is 1. The van der Waals surface area contributed by atoms with E-state index in [2.05, 4.69) is 10.2 Å². The first-order valence-corrected chi connectivity index (χ1v) is 9.30. The molecular weight excluding hydrogens is 358 g/mol. The number of nitrogens with one attached hydrogen (secondary N) is 1. The second-order valence-electron chi connectivity index (χ2n) is 6.65. The van der Waals surface area contributed by atoms with Gasteiger partial charge in [0.05, 0.1) is 18.3 Å². The lowest BCUT2D eigenvalue weighted by Gasteiger charge is -2.33. The molecule has 1 aromatic rings. The molecule has 1 fully saturated rings. The first-order valence-electron chi connectivity index (χ1n) is 8.92. The molecule has 0 saturated carbocycles. The van der Waals surface area contributed by atoms with Gasteiger partial charge in [-0.3, -0.25) is 15.4 Å². The van der Waals surface area contributed by atoms with Gasteiger partial charge in [0.15, 0.2) is 6.23 Å². The van der Waals surface area contributed by atoms with E-state index < -0.39 is 6.23 Å². The third-order valence-corrected chi connectivity index (χ3v) is 4.82. The van der Waals surface area contributed by atoms with E-state index >= 15 is 0 Å². The minimum absolute atomic E-state index is 0.0364. The summed E-state index contributed by atoms with van der Waals surface area (Å²) in [6.45, 7) is 4.52. The third kappa shape index (κ3) is 4.86. The van der Waals surface area contributed by atoms with Crippen molar-refractivity contribution in [2.45, 2.75) is 25.2 Å². The molecule has 0 bridgehead atoms. The zero-order chi connectivity index (χ0) is 18.5. The number of rotatable bonds is 7. The summed E-state index contributed by atoms with van der Waals surface area (Å²) in [5.41, 5.74) is 7.12. The fraction of sp³-hybridized carbons (Fsp3) is 0.611. The van der Waals surface area contributed by atoms with E-state index in [0.717, 1.165) is 38.2 Å². The van der Waals surface area contributed by atoms with E-state index in [1.807, 2.05) is 0 Å². The van der Waals surface area contributed by atoms with Gasteiger partial charge in [0, 0.05) is 56.9 Å². The number of nitrogens with zero attached hydrogens (tertiary/aromatic N) is 1. The molecule has 7 nitrogen and oxygen atoms in total. The average molecular weight is 384 g/mol. The Balaban J connectivity index is 1.55. The van der Waals surface area contributed by atoms with Gasteiger partial charge in [0.1, 0.15) is 5.75 Å². The van der Waals surface area contributed by atoms with Crippen LogP contribution in [0.4, 0.5) is 0 Å². The van der Waals surface area contributed by atoms with Gasteiger partial charge in [0.2, 0.25) is 0 Å². The lowest BCUT2D eigenvalue weighted by Crippen LogP contribution is -2.47. The van der Waals surface area contributed by atoms with Crippen LogP contribution >= 0.6 is 11.6 Å². The number of fused-ring (bicyclic) bond motifs is 1. The molecule has 1 amide bonds. The van der Waals surface area contributed by atoms with Gasteiger partial charge in [-0.1, -0.05) is 11.6 Å². The van der Waals surface area contributed by atoms with Gasteiger partial charge in [-0.15, -0.1) is 0 Å². The molecule has 3 N–H and O–H groups in total. The van der Waals surface area contributed by atoms with Crippen LogP contribution in [0, 0.1) is 0 Å². The largest absolute Gasteiger partial charge is 0.474 e. The minimum Gasteiger partial charge on any atom is -0.474 e. The van der Waals surface area contributed by atoms with Crippen molar-refractivity contribution >= 4 is 17.5 Å². The Labute approximate surface area is 158 Å². The molecule has 1 aromatic carbocycles. The zero-order valence-corrected chi connectivity index (χ0v) is 15.8. The number of nitrogens with two attached hydrogens (primary N) is 1. The van der Waals surface area contributed by atoms with Gasteiger partial charge in [-0.05, 0) is 18.6 Å². The standard InChI is InChI=1S/C18H26ClN3O4/c1-24-5-2-3-22-4-6-25-14(11-22)10-21-18(23)15-9-13(19)7-12-8-16(20)26-17(12)15/h7,9,14,16H,2-6,8,10-11,20H2,1H3,(H,21,23). The van der Waals surface area contributed by atoms with E-state index in [4.69, 9.17) is 31.5 Å². The number of amides is 1. The summed E-state index contributed by atoms with van der Waals surface area (Å²) >= 11 is 6.13. The van der Waals surface area contributed by atoms with Gasteiger partial charge in [-0.2, -0.15) is 0 Å². The van der Waals surface area contributed by atoms with Crippen LogP contribution in [0.15, 0.2) is 12.1 Å². The van der Waals surface area contributed by atoms with Crippen molar-refractivity contribution in [2.24, 2.45) is 5.73 Å². The molecule has 2 aliphatic rings. The quantitative estimate of drug-likeness (QED) is 0.684. The molecule has 8 heteroatoms. The van der Waals surface area contributed by atoms with Gasteiger partial charge in [0.25, 0.3) is 5.91 Å². The number of benzene rings is 1. The highest BCUT2D eigenvalue weighted by Crippen LogP contribution is 2.34. The molecule has 144 valence electrons. The Hall–Kier alpha value is -1.38. The Bertz CT molecular complexity index is 643. The zero-order valence-electron chi connectivity index (χ0n) is 15.0. The summed E-state index contributed by atoms with van der Waals surface area (Å²) in [7, 11) is 1.71. The lowest BCUT2D eigenvalue weighted by atomic mass is 10.1. The summed E-state index contributed by atoms with van der Waals surface area (Å²) in [4.78, 5) is 15.0. The summed E-state index contributed by atoms with van der Waals surface area (Å²) in [6.07, 6.45) is 1.07. The lowest BCUT2D eigenvalue weighted by molar-refractivity contribution is -0.0281. The molecule has 2 heterocycles. The SMILES string of the molecule is COCCCN1CCOC(CNC(=O)c2cc(Cl)cc3c2OC(N)C3)C1. The fourth-order valence-electron chi connectivity index (χ4n) is 3.36. The van der Waals surface area contributed by atoms with Crippen LogP contribution in [-0.2, 0) is 15.9 Å². The Morgan fingerprint density at radius 3 is 3.15 bits per heavy atom. The summed E-state index contributed by atoms with van der Waals surface area (Å²) < 4.78 is 16.4. The predicted octanol–water partition coefficient (Wildman–Crippen LogP) is 1.03. The van der Waals surface area contributed by atoms with Crippen LogP contribution in [-0.4, -0.2) is 69.6 Å². The third-order valence-electron chi connectivity index (χ3n) is 4.60. The number of halogens is 1. The monoisotopic (exact) mass is 383 g/mol. The summed E-state index contributed by atoms with van der Waals surface area (Å²) in [5.74, 6) is 0.308. The predicted molar refractivity (Wildman–Crippen MR) is 98.8 cm³/mol. The molecule has 2 atom stereocenters. The van der Waals surface area contributed by atoms with E-state index in [1.165, 1.54) is 0 Å².